The molecule has 174 valence electrons. The molecule has 2 fully saturated rings. The van der Waals surface area contributed by atoms with Crippen LogP contribution in [0, 0.1) is 12.8 Å². The van der Waals surface area contributed by atoms with Crippen molar-refractivity contribution in [1.82, 2.24) is 5.32 Å². The van der Waals surface area contributed by atoms with Crippen LogP contribution in [0.4, 0.5) is 11.4 Å². The second kappa shape index (κ2) is 10.5. The van der Waals surface area contributed by atoms with Crippen LogP contribution < -0.4 is 20.3 Å². The summed E-state index contributed by atoms with van der Waals surface area (Å²) in [7, 11) is 0. The first-order chi connectivity index (χ1) is 16.0. The van der Waals surface area contributed by atoms with E-state index < -0.39 is 0 Å². The van der Waals surface area contributed by atoms with Crippen LogP contribution in [0.5, 0.6) is 5.75 Å². The Morgan fingerprint density at radius 1 is 1.12 bits per heavy atom. The molecule has 0 saturated carbocycles. The van der Waals surface area contributed by atoms with E-state index in [9.17, 15) is 14.4 Å². The van der Waals surface area contributed by atoms with E-state index in [1.165, 1.54) is 0 Å². The van der Waals surface area contributed by atoms with Gasteiger partial charge in [-0.3, -0.25) is 14.4 Å². The van der Waals surface area contributed by atoms with Crippen molar-refractivity contribution in [3.05, 3.63) is 54.1 Å². The number of nitrogens with zero attached hydrogens (tertiary/aromatic N) is 1. The Labute approximate surface area is 193 Å². The third-order valence-corrected chi connectivity index (χ3v) is 5.88. The number of anilines is 2. The predicted molar refractivity (Wildman–Crippen MR) is 124 cm³/mol. The fourth-order valence-corrected chi connectivity index (χ4v) is 4.00. The molecule has 2 atom stereocenters. The van der Waals surface area contributed by atoms with Gasteiger partial charge < -0.3 is 25.0 Å². The molecule has 2 heterocycles. The second-order valence-corrected chi connectivity index (χ2v) is 8.48. The number of rotatable bonds is 8. The summed E-state index contributed by atoms with van der Waals surface area (Å²) in [6.45, 7) is 3.44. The molecule has 0 radical (unpaired) electrons. The fourth-order valence-electron chi connectivity index (χ4n) is 4.00. The number of carbonyl (C=O) groups excluding carboxylic acids is 3. The van der Waals surface area contributed by atoms with Crippen LogP contribution in [0.3, 0.4) is 0 Å². The number of ether oxygens (including phenoxy) is 2. The smallest absolute Gasteiger partial charge is 0.262 e. The van der Waals surface area contributed by atoms with Gasteiger partial charge in [0.1, 0.15) is 5.75 Å². The largest absolute Gasteiger partial charge is 0.484 e. The molecule has 2 N–H and O–H groups in total. The fraction of sp³-hybridized carbons (Fsp3) is 0.400. The minimum absolute atomic E-state index is 0.0775. The lowest BCUT2D eigenvalue weighted by Crippen LogP contribution is -2.37. The van der Waals surface area contributed by atoms with Gasteiger partial charge in [0, 0.05) is 37.5 Å². The van der Waals surface area contributed by atoms with E-state index in [0.29, 0.717) is 30.2 Å². The van der Waals surface area contributed by atoms with Crippen LogP contribution in [0.1, 0.15) is 24.8 Å². The van der Waals surface area contributed by atoms with Gasteiger partial charge in [0.05, 0.1) is 12.0 Å². The lowest BCUT2D eigenvalue weighted by atomic mass is 10.1. The van der Waals surface area contributed by atoms with Crippen molar-refractivity contribution >= 4 is 29.1 Å². The van der Waals surface area contributed by atoms with Gasteiger partial charge in [-0.15, -0.1) is 0 Å². The zero-order chi connectivity index (χ0) is 23.2. The first-order valence-corrected chi connectivity index (χ1v) is 11.3. The van der Waals surface area contributed by atoms with E-state index in [-0.39, 0.29) is 42.8 Å². The molecule has 2 saturated heterocycles. The molecule has 33 heavy (non-hydrogen) atoms. The number of amides is 3. The molecule has 3 amide bonds. The summed E-state index contributed by atoms with van der Waals surface area (Å²) in [5.74, 6) is -0.301. The molecule has 0 aromatic heterocycles. The van der Waals surface area contributed by atoms with Gasteiger partial charge >= 0.3 is 0 Å². The Morgan fingerprint density at radius 2 is 1.88 bits per heavy atom. The first-order valence-electron chi connectivity index (χ1n) is 11.3. The van der Waals surface area contributed by atoms with E-state index >= 15 is 0 Å². The van der Waals surface area contributed by atoms with Crippen molar-refractivity contribution in [2.45, 2.75) is 32.3 Å². The number of carbonyl (C=O) groups is 3. The quantitative estimate of drug-likeness (QED) is 0.643. The Balaban J connectivity index is 1.25. The molecular formula is C25H29N3O5. The molecule has 0 bridgehead atoms. The summed E-state index contributed by atoms with van der Waals surface area (Å²) < 4.78 is 11.1. The number of aryl methyl sites for hydroxylation is 1. The van der Waals surface area contributed by atoms with Crippen molar-refractivity contribution in [2.75, 3.05) is 36.5 Å². The predicted octanol–water partition coefficient (Wildman–Crippen LogP) is 2.66. The van der Waals surface area contributed by atoms with Gasteiger partial charge in [-0.1, -0.05) is 17.7 Å². The summed E-state index contributed by atoms with van der Waals surface area (Å²) in [5.41, 5.74) is 2.53. The van der Waals surface area contributed by atoms with E-state index in [4.69, 9.17) is 9.47 Å². The van der Waals surface area contributed by atoms with Crippen molar-refractivity contribution < 1.29 is 23.9 Å². The second-order valence-electron chi connectivity index (χ2n) is 8.48. The van der Waals surface area contributed by atoms with Crippen molar-refractivity contribution in [2.24, 2.45) is 5.92 Å². The normalized spacial score (nSPS) is 20.0. The third kappa shape index (κ3) is 6.10. The number of benzene rings is 2. The molecule has 2 aromatic rings. The topological polar surface area (TPSA) is 97.0 Å². The van der Waals surface area contributed by atoms with E-state index in [1.807, 2.05) is 31.2 Å². The van der Waals surface area contributed by atoms with E-state index in [1.54, 1.807) is 29.2 Å². The van der Waals surface area contributed by atoms with Gasteiger partial charge in [0.25, 0.3) is 5.91 Å². The summed E-state index contributed by atoms with van der Waals surface area (Å²) in [4.78, 5) is 38.7. The molecule has 0 aliphatic carbocycles. The maximum atomic E-state index is 12.5. The molecule has 8 nitrogen and oxygen atoms in total. The van der Waals surface area contributed by atoms with Gasteiger partial charge in [-0.2, -0.15) is 0 Å². The lowest BCUT2D eigenvalue weighted by Gasteiger charge is -2.18. The minimum atomic E-state index is -0.375. The average Bonchev–Trinajstić information content (AvgIpc) is 3.48. The summed E-state index contributed by atoms with van der Waals surface area (Å²) >= 11 is 0. The molecule has 0 unspecified atom stereocenters. The third-order valence-electron chi connectivity index (χ3n) is 5.88. The monoisotopic (exact) mass is 451 g/mol. The van der Waals surface area contributed by atoms with Gasteiger partial charge in [-0.05, 0) is 56.2 Å². The summed E-state index contributed by atoms with van der Waals surface area (Å²) in [6.07, 6.45) is 2.24. The maximum Gasteiger partial charge on any atom is 0.262 e. The van der Waals surface area contributed by atoms with Gasteiger partial charge in [0.15, 0.2) is 6.61 Å². The average molecular weight is 452 g/mol. The zero-order valence-corrected chi connectivity index (χ0v) is 18.7. The Hall–Kier alpha value is -3.39. The highest BCUT2D eigenvalue weighted by Gasteiger charge is 2.35. The highest BCUT2D eigenvalue weighted by molar-refractivity contribution is 6.00. The van der Waals surface area contributed by atoms with Crippen LogP contribution >= 0.6 is 0 Å². The highest BCUT2D eigenvalue weighted by atomic mass is 16.5. The van der Waals surface area contributed by atoms with Crippen molar-refractivity contribution in [1.29, 1.82) is 0 Å². The maximum absolute atomic E-state index is 12.5. The number of hydrogen-bond acceptors (Lipinski definition) is 5. The SMILES string of the molecule is Cc1ccc(NC(=O)COc2ccc(N3C[C@H](C(=O)NC[C@H]4CCCO4)CC3=O)cc2)cc1. The Morgan fingerprint density at radius 3 is 2.58 bits per heavy atom. The lowest BCUT2D eigenvalue weighted by molar-refractivity contribution is -0.126. The molecule has 4 rings (SSSR count). The van der Waals surface area contributed by atoms with Crippen LogP contribution in [0.2, 0.25) is 0 Å². The minimum Gasteiger partial charge on any atom is -0.484 e. The van der Waals surface area contributed by atoms with Crippen molar-refractivity contribution in [3.8, 4) is 5.75 Å². The molecule has 8 heteroatoms. The van der Waals surface area contributed by atoms with Gasteiger partial charge in [0.2, 0.25) is 11.8 Å². The first kappa shape index (κ1) is 22.8. The Bertz CT molecular complexity index is 984. The van der Waals surface area contributed by atoms with Crippen LogP contribution in [0.15, 0.2) is 48.5 Å². The number of hydrogen-bond donors (Lipinski definition) is 2. The summed E-state index contributed by atoms with van der Waals surface area (Å²) in [6, 6.07) is 14.5. The summed E-state index contributed by atoms with van der Waals surface area (Å²) in [5, 5.41) is 5.70. The van der Waals surface area contributed by atoms with Crippen LogP contribution in [0.25, 0.3) is 0 Å². The Kier molecular flexibility index (Phi) is 7.24. The van der Waals surface area contributed by atoms with Crippen LogP contribution in [-0.2, 0) is 19.1 Å². The highest BCUT2D eigenvalue weighted by Crippen LogP contribution is 2.27. The molecule has 2 aromatic carbocycles. The zero-order valence-electron chi connectivity index (χ0n) is 18.7. The number of nitrogens with one attached hydrogen (secondary N) is 2. The van der Waals surface area contributed by atoms with Crippen molar-refractivity contribution in [3.63, 3.8) is 0 Å². The van der Waals surface area contributed by atoms with E-state index in [2.05, 4.69) is 10.6 Å². The molecule has 2 aliphatic heterocycles. The van der Waals surface area contributed by atoms with Gasteiger partial charge in [-0.25, -0.2) is 0 Å². The molecule has 0 spiro atoms. The van der Waals surface area contributed by atoms with Crippen LogP contribution in [-0.4, -0.2) is 50.1 Å². The molecule has 2 aliphatic rings. The molecular weight excluding hydrogens is 422 g/mol. The van der Waals surface area contributed by atoms with E-state index in [0.717, 1.165) is 25.0 Å². The standard InChI is InChI=1S/C25H29N3O5/c1-17-4-6-19(7-5-17)27-23(29)16-33-21-10-8-20(9-11-21)28-15-18(13-24(28)30)25(31)26-14-22-3-2-12-32-22/h4-11,18,22H,2-3,12-16H2,1H3,(H,26,31)(H,27,29)/t18-,22-/m1/s1.